The van der Waals surface area contributed by atoms with Crippen LogP contribution in [0.15, 0.2) is 24.3 Å². The van der Waals surface area contributed by atoms with Gasteiger partial charge in [-0.3, -0.25) is 9.59 Å². The van der Waals surface area contributed by atoms with Crippen LogP contribution in [0, 0.1) is 5.92 Å². The van der Waals surface area contributed by atoms with Gasteiger partial charge in [0.2, 0.25) is 0 Å². The topological polar surface area (TPSA) is 75.6 Å². The molecule has 1 atom stereocenters. The van der Waals surface area contributed by atoms with Gasteiger partial charge < -0.3 is 15.2 Å². The molecule has 0 bridgehead atoms. The zero-order chi connectivity index (χ0) is 16.7. The van der Waals surface area contributed by atoms with Gasteiger partial charge in [0.05, 0.1) is 11.5 Å². The SMILES string of the molecule is O=C(NC1CCOC2(C1)CC(C(=O)O)C2)c1ccc(C2CC2)cc1. The number of carboxylic acid groups (broad SMARTS) is 1. The number of benzene rings is 1. The van der Waals surface area contributed by atoms with Gasteiger partial charge in [0.15, 0.2) is 0 Å². The molecule has 3 fully saturated rings. The van der Waals surface area contributed by atoms with Crippen molar-refractivity contribution >= 4 is 11.9 Å². The van der Waals surface area contributed by atoms with E-state index in [1.54, 1.807) is 0 Å². The number of hydrogen-bond acceptors (Lipinski definition) is 3. The molecule has 5 nitrogen and oxygen atoms in total. The summed E-state index contributed by atoms with van der Waals surface area (Å²) < 4.78 is 5.83. The molecular formula is C19H23NO4. The van der Waals surface area contributed by atoms with E-state index in [0.717, 1.165) is 6.42 Å². The third-order valence-electron chi connectivity index (χ3n) is 5.64. The van der Waals surface area contributed by atoms with Gasteiger partial charge in [-0.25, -0.2) is 0 Å². The van der Waals surface area contributed by atoms with Crippen LogP contribution in [0.25, 0.3) is 0 Å². The first-order valence-corrected chi connectivity index (χ1v) is 8.82. The van der Waals surface area contributed by atoms with Crippen molar-refractivity contribution in [3.8, 4) is 0 Å². The predicted molar refractivity (Wildman–Crippen MR) is 87.9 cm³/mol. The summed E-state index contributed by atoms with van der Waals surface area (Å²) >= 11 is 0. The van der Waals surface area contributed by atoms with E-state index in [4.69, 9.17) is 9.84 Å². The summed E-state index contributed by atoms with van der Waals surface area (Å²) in [7, 11) is 0. The summed E-state index contributed by atoms with van der Waals surface area (Å²) in [6.07, 6.45) is 5.13. The maximum atomic E-state index is 12.5. The van der Waals surface area contributed by atoms with Crippen molar-refractivity contribution in [2.75, 3.05) is 6.61 Å². The number of ether oxygens (including phenoxy) is 1. The lowest BCUT2D eigenvalue weighted by Crippen LogP contribution is -2.56. The Bertz CT molecular complexity index is 644. The fourth-order valence-corrected chi connectivity index (χ4v) is 4.04. The quantitative estimate of drug-likeness (QED) is 0.890. The highest BCUT2D eigenvalue weighted by Crippen LogP contribution is 2.46. The van der Waals surface area contributed by atoms with Crippen LogP contribution in [-0.2, 0) is 9.53 Å². The zero-order valence-corrected chi connectivity index (χ0v) is 13.7. The Kier molecular flexibility index (Phi) is 3.83. The maximum Gasteiger partial charge on any atom is 0.306 e. The van der Waals surface area contributed by atoms with Gasteiger partial charge in [0.25, 0.3) is 5.91 Å². The number of aliphatic carboxylic acids is 1. The minimum Gasteiger partial charge on any atom is -0.481 e. The molecule has 4 rings (SSSR count). The molecule has 0 radical (unpaired) electrons. The highest BCUT2D eigenvalue weighted by atomic mass is 16.5. The van der Waals surface area contributed by atoms with E-state index in [1.165, 1.54) is 18.4 Å². The van der Waals surface area contributed by atoms with Crippen LogP contribution in [0.3, 0.4) is 0 Å². The minimum atomic E-state index is -0.744. The first-order chi connectivity index (χ1) is 11.5. The largest absolute Gasteiger partial charge is 0.481 e. The molecule has 2 saturated carbocycles. The van der Waals surface area contributed by atoms with Crippen molar-refractivity contribution in [1.29, 1.82) is 0 Å². The van der Waals surface area contributed by atoms with Crippen molar-refractivity contribution in [3.63, 3.8) is 0 Å². The molecule has 2 N–H and O–H groups in total. The van der Waals surface area contributed by atoms with E-state index in [2.05, 4.69) is 17.4 Å². The molecule has 1 aliphatic heterocycles. The Balaban J connectivity index is 1.34. The summed E-state index contributed by atoms with van der Waals surface area (Å²) in [6.45, 7) is 0.581. The van der Waals surface area contributed by atoms with Crippen LogP contribution in [0.5, 0.6) is 0 Å². The number of carbonyl (C=O) groups excluding carboxylic acids is 1. The lowest BCUT2D eigenvalue weighted by molar-refractivity contribution is -0.181. The predicted octanol–water partition coefficient (Wildman–Crippen LogP) is 2.71. The van der Waals surface area contributed by atoms with Crippen molar-refractivity contribution in [1.82, 2.24) is 5.32 Å². The average molecular weight is 329 g/mol. The van der Waals surface area contributed by atoms with Crippen LogP contribution >= 0.6 is 0 Å². The van der Waals surface area contributed by atoms with E-state index < -0.39 is 5.97 Å². The molecule has 128 valence electrons. The third kappa shape index (κ3) is 3.05. The molecule has 1 amide bonds. The number of amides is 1. The highest BCUT2D eigenvalue weighted by Gasteiger charge is 2.51. The number of carboxylic acids is 1. The Morgan fingerprint density at radius 3 is 2.42 bits per heavy atom. The van der Waals surface area contributed by atoms with Crippen molar-refractivity contribution in [2.24, 2.45) is 5.92 Å². The van der Waals surface area contributed by atoms with Gasteiger partial charge in [0, 0.05) is 18.2 Å². The van der Waals surface area contributed by atoms with E-state index in [-0.39, 0.29) is 23.5 Å². The average Bonchev–Trinajstić information content (AvgIpc) is 3.37. The number of nitrogens with one attached hydrogen (secondary N) is 1. The Morgan fingerprint density at radius 2 is 1.79 bits per heavy atom. The second-order valence-electron chi connectivity index (χ2n) is 7.53. The molecule has 2 aliphatic carbocycles. The summed E-state index contributed by atoms with van der Waals surface area (Å²) in [6, 6.07) is 7.98. The van der Waals surface area contributed by atoms with E-state index >= 15 is 0 Å². The molecule has 3 aliphatic rings. The van der Waals surface area contributed by atoms with Crippen LogP contribution < -0.4 is 5.32 Å². The fraction of sp³-hybridized carbons (Fsp3) is 0.579. The first-order valence-electron chi connectivity index (χ1n) is 8.82. The molecule has 1 aromatic rings. The molecule has 24 heavy (non-hydrogen) atoms. The number of rotatable bonds is 4. The molecular weight excluding hydrogens is 306 g/mol. The van der Waals surface area contributed by atoms with Crippen molar-refractivity contribution in [3.05, 3.63) is 35.4 Å². The van der Waals surface area contributed by atoms with Gasteiger partial charge in [-0.2, -0.15) is 0 Å². The van der Waals surface area contributed by atoms with Gasteiger partial charge >= 0.3 is 5.97 Å². The lowest BCUT2D eigenvalue weighted by atomic mass is 9.66. The zero-order valence-electron chi connectivity index (χ0n) is 13.7. The van der Waals surface area contributed by atoms with Gasteiger partial charge in [-0.05, 0) is 62.1 Å². The van der Waals surface area contributed by atoms with Crippen LogP contribution in [0.2, 0.25) is 0 Å². The van der Waals surface area contributed by atoms with Crippen LogP contribution in [0.4, 0.5) is 0 Å². The summed E-state index contributed by atoms with van der Waals surface area (Å²) in [5.74, 6) is -0.396. The Hall–Kier alpha value is -1.88. The monoisotopic (exact) mass is 329 g/mol. The summed E-state index contributed by atoms with van der Waals surface area (Å²) in [5, 5.41) is 12.1. The van der Waals surface area contributed by atoms with Gasteiger partial charge in [-0.1, -0.05) is 12.1 Å². The Morgan fingerprint density at radius 1 is 1.08 bits per heavy atom. The maximum absolute atomic E-state index is 12.5. The smallest absolute Gasteiger partial charge is 0.306 e. The van der Waals surface area contributed by atoms with Crippen molar-refractivity contribution in [2.45, 2.75) is 56.1 Å². The lowest BCUT2D eigenvalue weighted by Gasteiger charge is -2.50. The van der Waals surface area contributed by atoms with Crippen LogP contribution in [0.1, 0.15) is 60.4 Å². The summed E-state index contributed by atoms with van der Waals surface area (Å²) in [4.78, 5) is 23.5. The van der Waals surface area contributed by atoms with Crippen LogP contribution in [-0.4, -0.2) is 35.2 Å². The molecule has 1 spiro atoms. The second-order valence-corrected chi connectivity index (χ2v) is 7.53. The standard InChI is InChI=1S/C19H23NO4/c21-17(14-5-3-13(4-6-14)12-1-2-12)20-16-7-8-24-19(11-16)9-15(10-19)18(22)23/h3-6,12,15-16H,1-2,7-11H2,(H,20,21)(H,22,23). The molecule has 0 aromatic heterocycles. The van der Waals surface area contributed by atoms with E-state index in [0.29, 0.717) is 37.4 Å². The first kappa shape index (κ1) is 15.6. The molecule has 1 saturated heterocycles. The molecule has 1 heterocycles. The normalized spacial score (nSPS) is 32.2. The molecule has 5 heteroatoms. The molecule has 1 aromatic carbocycles. The highest BCUT2D eigenvalue weighted by molar-refractivity contribution is 5.94. The van der Waals surface area contributed by atoms with E-state index in [1.807, 2.05) is 12.1 Å². The minimum absolute atomic E-state index is 0.0477. The van der Waals surface area contributed by atoms with Gasteiger partial charge in [-0.15, -0.1) is 0 Å². The number of carbonyl (C=O) groups is 2. The summed E-state index contributed by atoms with van der Waals surface area (Å²) in [5.41, 5.74) is 1.68. The van der Waals surface area contributed by atoms with E-state index in [9.17, 15) is 9.59 Å². The third-order valence-corrected chi connectivity index (χ3v) is 5.64. The molecule has 1 unspecified atom stereocenters. The van der Waals surface area contributed by atoms with Gasteiger partial charge in [0.1, 0.15) is 0 Å². The fourth-order valence-electron chi connectivity index (χ4n) is 4.04. The Labute approximate surface area is 141 Å². The second kappa shape index (κ2) is 5.88. The number of hydrogen-bond donors (Lipinski definition) is 2. The van der Waals surface area contributed by atoms with Crippen molar-refractivity contribution < 1.29 is 19.4 Å².